The first-order valence-corrected chi connectivity index (χ1v) is 11.0. The van der Waals surface area contributed by atoms with Crippen LogP contribution >= 0.6 is 0 Å². The Morgan fingerprint density at radius 2 is 1.83 bits per heavy atom. The smallest absolute Gasteiger partial charge is 0.238 e. The lowest BCUT2D eigenvalue weighted by molar-refractivity contribution is 0.303. The summed E-state index contributed by atoms with van der Waals surface area (Å²) < 4.78 is 32.5. The summed E-state index contributed by atoms with van der Waals surface area (Å²) in [4.78, 5) is 8.77. The van der Waals surface area contributed by atoms with E-state index in [0.29, 0.717) is 36.2 Å². The molecule has 29 heavy (non-hydrogen) atoms. The molecule has 1 fully saturated rings. The van der Waals surface area contributed by atoms with Crippen LogP contribution in [0, 0.1) is 0 Å². The second-order valence-corrected chi connectivity index (χ2v) is 9.27. The van der Waals surface area contributed by atoms with Gasteiger partial charge in [0.15, 0.2) is 0 Å². The molecule has 5 rings (SSSR count). The predicted octanol–water partition coefficient (Wildman–Crippen LogP) is 3.58. The molecular weight excluding hydrogens is 388 g/mol. The fraction of sp³-hybridized carbons (Fsp3) is 0.238. The highest BCUT2D eigenvalue weighted by Gasteiger charge is 2.42. The Hall–Kier alpha value is -3.13. The Morgan fingerprint density at radius 3 is 2.55 bits per heavy atom. The quantitative estimate of drug-likeness (QED) is 0.695. The Kier molecular flexibility index (Phi) is 4.35. The Balaban J connectivity index is 1.40. The van der Waals surface area contributed by atoms with Gasteiger partial charge in [0.2, 0.25) is 15.9 Å². The van der Waals surface area contributed by atoms with Gasteiger partial charge < -0.3 is 10.1 Å². The number of hydrogen-bond acceptors (Lipinski definition) is 6. The van der Waals surface area contributed by atoms with E-state index in [1.54, 1.807) is 18.5 Å². The van der Waals surface area contributed by atoms with E-state index in [2.05, 4.69) is 15.3 Å². The van der Waals surface area contributed by atoms with E-state index in [9.17, 15) is 8.42 Å². The number of fused-ring (bicyclic) bond motifs is 1. The maximum Gasteiger partial charge on any atom is 0.238 e. The zero-order valence-corrected chi connectivity index (χ0v) is 16.5. The van der Waals surface area contributed by atoms with Crippen LogP contribution in [0.5, 0.6) is 5.88 Å². The summed E-state index contributed by atoms with van der Waals surface area (Å²) in [5.41, 5.74) is 3.26. The second kappa shape index (κ2) is 7.04. The molecule has 2 aromatic heterocycles. The highest BCUT2D eigenvalue weighted by molar-refractivity contribution is 7.93. The summed E-state index contributed by atoms with van der Waals surface area (Å²) in [5.74, 6) is 0.998. The molecule has 1 N–H and O–H groups in total. The summed E-state index contributed by atoms with van der Waals surface area (Å²) in [6.07, 6.45) is 4.87. The summed E-state index contributed by atoms with van der Waals surface area (Å²) in [6.45, 7) is 0.613. The van der Waals surface area contributed by atoms with Crippen LogP contribution in [-0.2, 0) is 10.0 Å². The second-order valence-electron chi connectivity index (χ2n) is 7.14. The summed E-state index contributed by atoms with van der Waals surface area (Å²) in [5, 5.41) is 2.92. The summed E-state index contributed by atoms with van der Waals surface area (Å²) in [6, 6.07) is 15.7. The first-order chi connectivity index (χ1) is 14.1. The molecule has 2 aliphatic rings. The molecule has 1 aliphatic heterocycles. The molecule has 148 valence electrons. The minimum absolute atomic E-state index is 0.280. The average Bonchev–Trinajstić information content (AvgIpc) is 3.61. The molecule has 1 aliphatic carbocycles. The third-order valence-electron chi connectivity index (χ3n) is 5.03. The number of anilines is 3. The van der Waals surface area contributed by atoms with Crippen molar-refractivity contribution in [2.45, 2.75) is 18.1 Å². The largest absolute Gasteiger partial charge is 0.474 e. The summed E-state index contributed by atoms with van der Waals surface area (Å²) >= 11 is 0. The minimum atomic E-state index is -3.36. The number of sulfonamides is 1. The van der Waals surface area contributed by atoms with Crippen LogP contribution in [0.4, 0.5) is 17.2 Å². The number of aromatic nitrogens is 2. The van der Waals surface area contributed by atoms with Crippen molar-refractivity contribution in [1.82, 2.24) is 9.97 Å². The van der Waals surface area contributed by atoms with Crippen molar-refractivity contribution in [3.8, 4) is 17.0 Å². The number of rotatable bonds is 5. The van der Waals surface area contributed by atoms with Crippen molar-refractivity contribution < 1.29 is 13.2 Å². The van der Waals surface area contributed by atoms with Crippen LogP contribution in [0.3, 0.4) is 0 Å². The molecule has 3 heterocycles. The molecular formula is C21H20N4O3S. The van der Waals surface area contributed by atoms with Crippen molar-refractivity contribution in [3.05, 3.63) is 60.9 Å². The maximum absolute atomic E-state index is 12.8. The first kappa shape index (κ1) is 17.9. The molecule has 0 unspecified atom stereocenters. The zero-order chi connectivity index (χ0) is 19.8. The Labute approximate surface area is 169 Å². The molecule has 8 heteroatoms. The predicted molar refractivity (Wildman–Crippen MR) is 112 cm³/mol. The van der Waals surface area contributed by atoms with Gasteiger partial charge in [-0.25, -0.2) is 18.4 Å². The lowest BCUT2D eigenvalue weighted by Gasteiger charge is -2.30. The molecule has 0 atom stereocenters. The van der Waals surface area contributed by atoms with Crippen LogP contribution in [0.1, 0.15) is 12.8 Å². The standard InChI is InChI=1S/C21H20N4O3S/c26-29(27,18-7-8-18)25-10-11-28-21-19(25)12-17(14-23-21)24-20-9-6-16(13-22-20)15-4-2-1-3-5-15/h1-6,9,12-14,18H,7-8,10-11H2,(H,22,24). The number of hydrogen-bond donors (Lipinski definition) is 1. The molecule has 0 spiro atoms. The molecule has 1 aromatic carbocycles. The maximum atomic E-state index is 12.8. The highest BCUT2D eigenvalue weighted by Crippen LogP contribution is 2.39. The normalized spacial score (nSPS) is 16.1. The fourth-order valence-electron chi connectivity index (χ4n) is 3.37. The number of ether oxygens (including phenoxy) is 1. The third kappa shape index (κ3) is 3.51. The lowest BCUT2D eigenvalue weighted by atomic mass is 10.1. The lowest BCUT2D eigenvalue weighted by Crippen LogP contribution is -2.40. The van der Waals surface area contributed by atoms with Gasteiger partial charge >= 0.3 is 0 Å². The number of nitrogens with one attached hydrogen (secondary N) is 1. The molecule has 0 radical (unpaired) electrons. The van der Waals surface area contributed by atoms with Gasteiger partial charge in [0.1, 0.15) is 18.1 Å². The third-order valence-corrected chi connectivity index (χ3v) is 7.34. The van der Waals surface area contributed by atoms with Gasteiger partial charge in [0, 0.05) is 11.8 Å². The van der Waals surface area contributed by atoms with E-state index in [-0.39, 0.29) is 5.25 Å². The molecule has 0 saturated heterocycles. The topological polar surface area (TPSA) is 84.4 Å². The van der Waals surface area contributed by atoms with Crippen LogP contribution in [0.15, 0.2) is 60.9 Å². The SMILES string of the molecule is O=S(=O)(C1CC1)N1CCOc2ncc(Nc3ccc(-c4ccccc4)cn3)cc21. The Morgan fingerprint density at radius 1 is 1.00 bits per heavy atom. The van der Waals surface area contributed by atoms with E-state index in [0.717, 1.165) is 24.0 Å². The number of benzene rings is 1. The van der Waals surface area contributed by atoms with Gasteiger partial charge in [-0.2, -0.15) is 0 Å². The van der Waals surface area contributed by atoms with E-state index in [1.165, 1.54) is 4.31 Å². The molecule has 7 nitrogen and oxygen atoms in total. The van der Waals surface area contributed by atoms with Gasteiger partial charge in [-0.1, -0.05) is 30.3 Å². The van der Waals surface area contributed by atoms with Gasteiger partial charge in [0.05, 0.1) is 23.7 Å². The van der Waals surface area contributed by atoms with Crippen molar-refractivity contribution in [2.24, 2.45) is 0 Å². The van der Waals surface area contributed by atoms with Crippen molar-refractivity contribution in [3.63, 3.8) is 0 Å². The van der Waals surface area contributed by atoms with Gasteiger partial charge in [-0.05, 0) is 36.6 Å². The van der Waals surface area contributed by atoms with E-state index in [4.69, 9.17) is 4.74 Å². The van der Waals surface area contributed by atoms with Crippen LogP contribution in [0.25, 0.3) is 11.1 Å². The summed E-state index contributed by atoms with van der Waals surface area (Å²) in [7, 11) is -3.36. The zero-order valence-electron chi connectivity index (χ0n) is 15.7. The van der Waals surface area contributed by atoms with Crippen LogP contribution in [0.2, 0.25) is 0 Å². The highest BCUT2D eigenvalue weighted by atomic mass is 32.2. The van der Waals surface area contributed by atoms with Gasteiger partial charge in [-0.15, -0.1) is 0 Å². The van der Waals surface area contributed by atoms with Crippen molar-refractivity contribution in [1.29, 1.82) is 0 Å². The van der Waals surface area contributed by atoms with Crippen LogP contribution < -0.4 is 14.4 Å². The van der Waals surface area contributed by atoms with Crippen molar-refractivity contribution >= 4 is 27.2 Å². The monoisotopic (exact) mass is 408 g/mol. The molecule has 3 aromatic rings. The van der Waals surface area contributed by atoms with E-state index >= 15 is 0 Å². The molecule has 1 saturated carbocycles. The van der Waals surface area contributed by atoms with Crippen molar-refractivity contribution in [2.75, 3.05) is 22.8 Å². The Bertz CT molecular complexity index is 1130. The minimum Gasteiger partial charge on any atom is -0.474 e. The number of pyridine rings is 2. The average molecular weight is 408 g/mol. The van der Waals surface area contributed by atoms with E-state index in [1.807, 2.05) is 42.5 Å². The fourth-order valence-corrected chi connectivity index (χ4v) is 5.20. The first-order valence-electron chi connectivity index (χ1n) is 9.54. The van der Waals surface area contributed by atoms with E-state index < -0.39 is 10.0 Å². The molecule has 0 bridgehead atoms. The van der Waals surface area contributed by atoms with Crippen LogP contribution in [-0.4, -0.2) is 36.8 Å². The van der Waals surface area contributed by atoms with Gasteiger partial charge in [0.25, 0.3) is 0 Å². The molecule has 0 amide bonds. The van der Waals surface area contributed by atoms with Gasteiger partial charge in [-0.3, -0.25) is 4.31 Å². The number of nitrogens with zero attached hydrogens (tertiary/aromatic N) is 3.